The first kappa shape index (κ1) is 23.5. The van der Waals surface area contributed by atoms with Gasteiger partial charge in [0.1, 0.15) is 17.5 Å². The van der Waals surface area contributed by atoms with E-state index in [-0.39, 0.29) is 11.8 Å². The zero-order chi connectivity index (χ0) is 23.3. The number of carbonyl (C=O) groups is 1. The Labute approximate surface area is 202 Å². The number of amides is 1. The number of piperidine rings is 3. The second-order valence-corrected chi connectivity index (χ2v) is 10.2. The maximum atomic E-state index is 12.9. The van der Waals surface area contributed by atoms with Crippen molar-refractivity contribution in [2.45, 2.75) is 64.3 Å². The fraction of sp³-hybridized carbons (Fsp3) is 0.760. The van der Waals surface area contributed by atoms with Gasteiger partial charge in [0.25, 0.3) is 5.71 Å². The normalized spacial score (nSPS) is 23.4. The molecule has 3 aliphatic heterocycles. The van der Waals surface area contributed by atoms with E-state index < -0.39 is 0 Å². The Balaban J connectivity index is 1.04. The number of aromatic nitrogens is 3. The zero-order valence-corrected chi connectivity index (χ0v) is 20.5. The molecule has 0 unspecified atom stereocenters. The topological polar surface area (TPSA) is 90.6 Å². The molecule has 2 aromatic heterocycles. The van der Waals surface area contributed by atoms with Crippen LogP contribution in [0.5, 0.6) is 0 Å². The van der Waals surface area contributed by atoms with Gasteiger partial charge in [-0.3, -0.25) is 4.79 Å². The maximum Gasteiger partial charge on any atom is 0.263 e. The van der Waals surface area contributed by atoms with Gasteiger partial charge >= 0.3 is 0 Å². The fourth-order valence-electron chi connectivity index (χ4n) is 5.98. The van der Waals surface area contributed by atoms with E-state index in [1.165, 1.54) is 64.6 Å². The molecule has 3 saturated heterocycles. The molecule has 3 aliphatic rings. The van der Waals surface area contributed by atoms with E-state index in [4.69, 9.17) is 4.52 Å². The predicted molar refractivity (Wildman–Crippen MR) is 132 cm³/mol. The van der Waals surface area contributed by atoms with Crippen LogP contribution in [0.3, 0.4) is 0 Å². The van der Waals surface area contributed by atoms with Gasteiger partial charge in [0.2, 0.25) is 5.91 Å². The van der Waals surface area contributed by atoms with Gasteiger partial charge in [-0.05, 0) is 84.6 Å². The number of aryl methyl sites for hydroxylation is 1. The Morgan fingerprint density at radius 1 is 1.06 bits per heavy atom. The minimum Gasteiger partial charge on any atom is -0.356 e. The molecule has 9 heteroatoms. The molecule has 2 aromatic rings. The summed E-state index contributed by atoms with van der Waals surface area (Å²) in [5, 5.41) is 8.09. The highest BCUT2D eigenvalue weighted by Crippen LogP contribution is 2.29. The zero-order valence-electron chi connectivity index (χ0n) is 20.5. The molecule has 0 saturated carbocycles. The standard InChI is InChI=1S/C25H39N7O2/c1-19-22-23(27-18-28-25(22)34-29-19)32-14-5-7-20(17-32)24(33)26-10-6-11-30-15-8-21(9-16-30)31-12-3-2-4-13-31/h18,20-21H,2-17H2,1H3,(H,26,33)/t20-/m1/s1. The highest BCUT2D eigenvalue weighted by atomic mass is 16.5. The highest BCUT2D eigenvalue weighted by molar-refractivity contribution is 5.88. The third kappa shape index (κ3) is 5.35. The van der Waals surface area contributed by atoms with Crippen molar-refractivity contribution in [3.05, 3.63) is 12.0 Å². The van der Waals surface area contributed by atoms with Gasteiger partial charge in [0, 0.05) is 25.7 Å². The van der Waals surface area contributed by atoms with Crippen LogP contribution in [-0.2, 0) is 4.79 Å². The van der Waals surface area contributed by atoms with Crippen molar-refractivity contribution in [2.24, 2.45) is 5.92 Å². The van der Waals surface area contributed by atoms with Crippen molar-refractivity contribution >= 4 is 22.8 Å². The Kier molecular flexibility index (Phi) is 7.59. The molecule has 1 amide bonds. The van der Waals surface area contributed by atoms with Crippen LogP contribution in [0.15, 0.2) is 10.9 Å². The van der Waals surface area contributed by atoms with Crippen LogP contribution in [0.1, 0.15) is 57.1 Å². The van der Waals surface area contributed by atoms with E-state index in [2.05, 4.69) is 35.1 Å². The van der Waals surface area contributed by atoms with Crippen molar-refractivity contribution in [3.63, 3.8) is 0 Å². The number of hydrogen-bond acceptors (Lipinski definition) is 8. The van der Waals surface area contributed by atoms with Gasteiger partial charge in [0.05, 0.1) is 11.6 Å². The molecule has 5 heterocycles. The van der Waals surface area contributed by atoms with Crippen LogP contribution in [0.2, 0.25) is 0 Å². The predicted octanol–water partition coefficient (Wildman–Crippen LogP) is 2.60. The van der Waals surface area contributed by atoms with Gasteiger partial charge in [-0.1, -0.05) is 11.6 Å². The van der Waals surface area contributed by atoms with Crippen LogP contribution >= 0.6 is 0 Å². The number of fused-ring (bicyclic) bond motifs is 1. The average Bonchev–Trinajstić information content (AvgIpc) is 3.28. The molecule has 5 rings (SSSR count). The second kappa shape index (κ2) is 11.0. The lowest BCUT2D eigenvalue weighted by Gasteiger charge is -2.40. The van der Waals surface area contributed by atoms with Crippen LogP contribution in [0.25, 0.3) is 11.1 Å². The molecular formula is C25H39N7O2. The lowest BCUT2D eigenvalue weighted by atomic mass is 9.97. The number of hydrogen-bond donors (Lipinski definition) is 1. The van der Waals surface area contributed by atoms with Crippen LogP contribution in [-0.4, -0.2) is 89.2 Å². The Morgan fingerprint density at radius 3 is 2.71 bits per heavy atom. The Morgan fingerprint density at radius 2 is 1.88 bits per heavy atom. The third-order valence-electron chi connectivity index (χ3n) is 7.93. The monoisotopic (exact) mass is 469 g/mol. The first-order chi connectivity index (χ1) is 16.7. The molecule has 0 aliphatic carbocycles. The lowest BCUT2D eigenvalue weighted by molar-refractivity contribution is -0.125. The van der Waals surface area contributed by atoms with Crippen molar-refractivity contribution in [1.82, 2.24) is 30.2 Å². The summed E-state index contributed by atoms with van der Waals surface area (Å²) < 4.78 is 5.29. The minimum absolute atomic E-state index is 0.0146. The van der Waals surface area contributed by atoms with Gasteiger partial charge in [0.15, 0.2) is 0 Å². The molecule has 1 N–H and O–H groups in total. The summed E-state index contributed by atoms with van der Waals surface area (Å²) in [5.41, 5.74) is 1.30. The molecule has 3 fully saturated rings. The number of carbonyl (C=O) groups excluding carboxylic acids is 1. The van der Waals surface area contributed by atoms with Crippen molar-refractivity contribution in [3.8, 4) is 0 Å². The molecule has 0 aromatic carbocycles. The van der Waals surface area contributed by atoms with Crippen LogP contribution in [0, 0.1) is 12.8 Å². The number of nitrogens with zero attached hydrogens (tertiary/aromatic N) is 6. The summed E-state index contributed by atoms with van der Waals surface area (Å²) in [6.07, 6.45) is 11.2. The van der Waals surface area contributed by atoms with Crippen molar-refractivity contribution < 1.29 is 9.32 Å². The molecule has 0 spiro atoms. The first-order valence-electron chi connectivity index (χ1n) is 13.2. The first-order valence-corrected chi connectivity index (χ1v) is 13.2. The third-order valence-corrected chi connectivity index (χ3v) is 7.93. The van der Waals surface area contributed by atoms with E-state index in [9.17, 15) is 4.79 Å². The minimum atomic E-state index is -0.0146. The SMILES string of the molecule is Cc1noc2ncnc(N3CCC[C@@H](C(=O)NCCCN4CCC(N5CCCCC5)CC4)C3)c12. The lowest BCUT2D eigenvalue weighted by Crippen LogP contribution is -2.47. The number of nitrogens with one attached hydrogen (secondary N) is 1. The molecular weight excluding hydrogens is 430 g/mol. The van der Waals surface area contributed by atoms with Gasteiger partial charge < -0.3 is 24.5 Å². The van der Waals surface area contributed by atoms with Crippen molar-refractivity contribution in [2.75, 3.05) is 57.3 Å². The average molecular weight is 470 g/mol. The molecule has 186 valence electrons. The summed E-state index contributed by atoms with van der Waals surface area (Å²) in [6, 6.07) is 0.795. The molecule has 0 radical (unpaired) electrons. The number of rotatable bonds is 7. The quantitative estimate of drug-likeness (QED) is 0.619. The molecule has 34 heavy (non-hydrogen) atoms. The van der Waals surface area contributed by atoms with E-state index in [0.29, 0.717) is 12.3 Å². The second-order valence-electron chi connectivity index (χ2n) is 10.2. The van der Waals surface area contributed by atoms with Gasteiger partial charge in [-0.25, -0.2) is 4.98 Å². The van der Waals surface area contributed by atoms with E-state index in [1.54, 1.807) is 0 Å². The van der Waals surface area contributed by atoms with E-state index in [0.717, 1.165) is 61.8 Å². The summed E-state index contributed by atoms with van der Waals surface area (Å²) in [6.45, 7) is 10.3. The maximum absolute atomic E-state index is 12.9. The van der Waals surface area contributed by atoms with Crippen molar-refractivity contribution in [1.29, 1.82) is 0 Å². The fourth-order valence-corrected chi connectivity index (χ4v) is 5.98. The highest BCUT2D eigenvalue weighted by Gasteiger charge is 2.29. The summed E-state index contributed by atoms with van der Waals surface area (Å²) in [5.74, 6) is 0.981. The van der Waals surface area contributed by atoms with Gasteiger partial charge in [-0.2, -0.15) is 4.98 Å². The molecule has 9 nitrogen and oxygen atoms in total. The number of likely N-dealkylation sites (tertiary alicyclic amines) is 2. The van der Waals surface area contributed by atoms with Crippen LogP contribution < -0.4 is 10.2 Å². The Hall–Kier alpha value is -2.26. The summed E-state index contributed by atoms with van der Waals surface area (Å²) in [7, 11) is 0. The largest absolute Gasteiger partial charge is 0.356 e. The number of anilines is 1. The van der Waals surface area contributed by atoms with Gasteiger partial charge in [-0.15, -0.1) is 0 Å². The summed E-state index contributed by atoms with van der Waals surface area (Å²) >= 11 is 0. The molecule has 0 bridgehead atoms. The van der Waals surface area contributed by atoms with Crippen LogP contribution in [0.4, 0.5) is 5.82 Å². The molecule has 1 atom stereocenters. The smallest absolute Gasteiger partial charge is 0.263 e. The Bertz CT molecular complexity index is 950. The van der Waals surface area contributed by atoms with E-state index in [1.807, 2.05) is 6.92 Å². The summed E-state index contributed by atoms with van der Waals surface area (Å²) in [4.78, 5) is 29.1. The van der Waals surface area contributed by atoms with E-state index >= 15 is 0 Å².